The van der Waals surface area contributed by atoms with Gasteiger partial charge in [0, 0.05) is 6.54 Å². The molecule has 0 aromatic carbocycles. The van der Waals surface area contributed by atoms with Gasteiger partial charge in [-0.2, -0.15) is 0 Å². The van der Waals surface area contributed by atoms with Crippen LogP contribution in [-0.4, -0.2) is 40.5 Å². The summed E-state index contributed by atoms with van der Waals surface area (Å²) in [4.78, 5) is 23.8. The van der Waals surface area contributed by atoms with Crippen molar-refractivity contribution in [2.75, 3.05) is 6.54 Å². The van der Waals surface area contributed by atoms with Crippen molar-refractivity contribution in [1.29, 1.82) is 0 Å². The molecule has 1 amide bonds. The zero-order valence-electron chi connectivity index (χ0n) is 8.43. The Balaban J connectivity index is 2.80. The molecule has 0 aromatic rings. The fraction of sp³-hybridized carbons (Fsp3) is 0.778. The van der Waals surface area contributed by atoms with Crippen molar-refractivity contribution >= 4 is 11.9 Å². The van der Waals surface area contributed by atoms with E-state index in [0.717, 1.165) is 0 Å². The van der Waals surface area contributed by atoms with Gasteiger partial charge in [-0.25, -0.2) is 4.79 Å². The van der Waals surface area contributed by atoms with E-state index in [0.29, 0.717) is 13.0 Å². The lowest BCUT2D eigenvalue weighted by Crippen LogP contribution is -2.47. The van der Waals surface area contributed by atoms with Gasteiger partial charge >= 0.3 is 5.97 Å². The van der Waals surface area contributed by atoms with Crippen molar-refractivity contribution in [3.05, 3.63) is 0 Å². The zero-order valence-corrected chi connectivity index (χ0v) is 8.43. The Hall–Kier alpha value is -1.10. The first-order valence-corrected chi connectivity index (χ1v) is 4.74. The Morgan fingerprint density at radius 3 is 2.50 bits per heavy atom. The molecule has 0 radical (unpaired) electrons. The van der Waals surface area contributed by atoms with Crippen LogP contribution in [0.15, 0.2) is 0 Å². The molecule has 3 N–H and O–H groups in total. The zero-order chi connectivity index (χ0) is 10.9. The van der Waals surface area contributed by atoms with Crippen LogP contribution in [0.1, 0.15) is 20.3 Å². The third-order valence-corrected chi connectivity index (χ3v) is 2.50. The summed E-state index contributed by atoms with van der Waals surface area (Å²) >= 11 is 0. The van der Waals surface area contributed by atoms with Gasteiger partial charge in [-0.05, 0) is 12.3 Å². The number of carbonyl (C=O) groups excluding carboxylic acids is 1. The Kier molecular flexibility index (Phi) is 3.10. The fourth-order valence-electron chi connectivity index (χ4n) is 1.78. The molecule has 1 fully saturated rings. The first kappa shape index (κ1) is 11.0. The van der Waals surface area contributed by atoms with Crippen molar-refractivity contribution in [3.8, 4) is 0 Å². The Bertz CT molecular complexity index is 252. The lowest BCUT2D eigenvalue weighted by molar-refractivity contribution is -0.150. The number of hydrogen-bond donors (Lipinski definition) is 2. The average Bonchev–Trinajstić information content (AvgIpc) is 2.35. The highest BCUT2D eigenvalue weighted by Crippen LogP contribution is 2.18. The first-order valence-electron chi connectivity index (χ1n) is 4.74. The molecule has 0 bridgehead atoms. The third-order valence-electron chi connectivity index (χ3n) is 2.50. The lowest BCUT2D eigenvalue weighted by atomic mass is 10.0. The molecule has 14 heavy (non-hydrogen) atoms. The Labute approximate surface area is 82.9 Å². The maximum atomic E-state index is 11.5. The molecular formula is C9H16N2O3. The highest BCUT2D eigenvalue weighted by molar-refractivity contribution is 5.88. The number of amides is 1. The summed E-state index contributed by atoms with van der Waals surface area (Å²) in [5.41, 5.74) is 5.52. The molecule has 2 atom stereocenters. The molecular weight excluding hydrogens is 184 g/mol. The molecule has 1 aliphatic heterocycles. The van der Waals surface area contributed by atoms with E-state index in [9.17, 15) is 9.59 Å². The van der Waals surface area contributed by atoms with E-state index in [1.54, 1.807) is 13.8 Å². The number of carboxylic acids is 1. The van der Waals surface area contributed by atoms with Gasteiger partial charge in [0.15, 0.2) is 0 Å². The molecule has 1 aliphatic rings. The number of carboxylic acid groups (broad SMARTS) is 1. The highest BCUT2D eigenvalue weighted by Gasteiger charge is 2.38. The van der Waals surface area contributed by atoms with Gasteiger partial charge in [-0.3, -0.25) is 4.79 Å². The molecule has 1 saturated heterocycles. The lowest BCUT2D eigenvalue weighted by Gasteiger charge is -2.27. The number of nitrogens with zero attached hydrogens (tertiary/aromatic N) is 1. The molecule has 5 heteroatoms. The molecule has 2 unspecified atom stereocenters. The van der Waals surface area contributed by atoms with E-state index in [-0.39, 0.29) is 11.8 Å². The Morgan fingerprint density at radius 1 is 1.64 bits per heavy atom. The van der Waals surface area contributed by atoms with Crippen molar-refractivity contribution < 1.29 is 14.7 Å². The molecule has 80 valence electrons. The summed E-state index contributed by atoms with van der Waals surface area (Å²) in [5.74, 6) is -1.30. The Morgan fingerprint density at radius 2 is 2.21 bits per heavy atom. The fourth-order valence-corrected chi connectivity index (χ4v) is 1.78. The first-order chi connectivity index (χ1) is 6.45. The normalized spacial score (nSPS) is 24.4. The van der Waals surface area contributed by atoms with Crippen LogP contribution >= 0.6 is 0 Å². The van der Waals surface area contributed by atoms with Crippen LogP contribution in [0.3, 0.4) is 0 Å². The highest BCUT2D eigenvalue weighted by atomic mass is 16.4. The van der Waals surface area contributed by atoms with Crippen molar-refractivity contribution in [3.63, 3.8) is 0 Å². The van der Waals surface area contributed by atoms with Crippen LogP contribution in [0.25, 0.3) is 0 Å². The summed E-state index contributed by atoms with van der Waals surface area (Å²) < 4.78 is 0. The molecule has 1 rings (SSSR count). The minimum Gasteiger partial charge on any atom is -0.480 e. The van der Waals surface area contributed by atoms with E-state index in [4.69, 9.17) is 10.8 Å². The predicted molar refractivity (Wildman–Crippen MR) is 50.6 cm³/mol. The van der Waals surface area contributed by atoms with Crippen LogP contribution < -0.4 is 5.73 Å². The summed E-state index contributed by atoms with van der Waals surface area (Å²) in [7, 11) is 0. The number of aliphatic carboxylic acids is 1. The van der Waals surface area contributed by atoms with Crippen molar-refractivity contribution in [2.45, 2.75) is 32.4 Å². The summed E-state index contributed by atoms with van der Waals surface area (Å²) in [6.07, 6.45) is 0.551. The van der Waals surface area contributed by atoms with Crippen molar-refractivity contribution in [1.82, 2.24) is 4.90 Å². The smallest absolute Gasteiger partial charge is 0.326 e. The van der Waals surface area contributed by atoms with Crippen LogP contribution in [0, 0.1) is 5.92 Å². The largest absolute Gasteiger partial charge is 0.480 e. The summed E-state index contributed by atoms with van der Waals surface area (Å²) in [6.45, 7) is 4.03. The second-order valence-corrected chi connectivity index (χ2v) is 3.95. The molecule has 0 aliphatic carbocycles. The van der Waals surface area contributed by atoms with Gasteiger partial charge in [-0.15, -0.1) is 0 Å². The van der Waals surface area contributed by atoms with Gasteiger partial charge < -0.3 is 15.7 Å². The molecule has 5 nitrogen and oxygen atoms in total. The second-order valence-electron chi connectivity index (χ2n) is 3.95. The number of hydrogen-bond acceptors (Lipinski definition) is 3. The van der Waals surface area contributed by atoms with E-state index < -0.39 is 18.1 Å². The molecule has 1 heterocycles. The van der Waals surface area contributed by atoms with E-state index in [1.807, 2.05) is 0 Å². The predicted octanol–water partition coefficient (Wildman–Crippen LogP) is -0.345. The van der Waals surface area contributed by atoms with Crippen LogP contribution in [0.2, 0.25) is 0 Å². The van der Waals surface area contributed by atoms with Gasteiger partial charge in [0.1, 0.15) is 6.04 Å². The van der Waals surface area contributed by atoms with E-state index in [1.165, 1.54) is 4.90 Å². The third kappa shape index (κ3) is 1.87. The number of rotatable bonds is 3. The molecule has 0 saturated carbocycles. The average molecular weight is 200 g/mol. The molecule has 0 spiro atoms. The molecule has 0 aromatic heterocycles. The maximum Gasteiger partial charge on any atom is 0.326 e. The van der Waals surface area contributed by atoms with E-state index in [2.05, 4.69) is 0 Å². The van der Waals surface area contributed by atoms with Gasteiger partial charge in [0.05, 0.1) is 6.04 Å². The van der Waals surface area contributed by atoms with Crippen LogP contribution in [0.4, 0.5) is 0 Å². The quantitative estimate of drug-likeness (QED) is 0.652. The van der Waals surface area contributed by atoms with E-state index >= 15 is 0 Å². The standard InChI is InChI=1S/C9H16N2O3/c1-5(2)7(9(13)14)11-4-3-6(10)8(11)12/h5-7H,3-4,10H2,1-2H3,(H,13,14). The number of likely N-dealkylation sites (tertiary alicyclic amines) is 1. The van der Waals surface area contributed by atoms with Crippen molar-refractivity contribution in [2.24, 2.45) is 11.7 Å². The van der Waals surface area contributed by atoms with Gasteiger partial charge in [-0.1, -0.05) is 13.8 Å². The topological polar surface area (TPSA) is 83.6 Å². The number of nitrogens with two attached hydrogens (primary N) is 1. The van der Waals surface area contributed by atoms with Crippen LogP contribution in [0.5, 0.6) is 0 Å². The minimum absolute atomic E-state index is 0.0956. The monoisotopic (exact) mass is 200 g/mol. The maximum absolute atomic E-state index is 11.5. The minimum atomic E-state index is -0.956. The van der Waals surface area contributed by atoms with Crippen LogP contribution in [-0.2, 0) is 9.59 Å². The second kappa shape index (κ2) is 3.96. The summed E-state index contributed by atoms with van der Waals surface area (Å²) in [5, 5.41) is 8.97. The number of carbonyl (C=O) groups is 2. The van der Waals surface area contributed by atoms with Gasteiger partial charge in [0.25, 0.3) is 0 Å². The summed E-state index contributed by atoms with van der Waals surface area (Å²) in [6, 6.07) is -1.26. The SMILES string of the molecule is CC(C)C(C(=O)O)N1CCC(N)C1=O. The van der Waals surface area contributed by atoms with Gasteiger partial charge in [0.2, 0.25) is 5.91 Å².